The molecule has 6 nitrogen and oxygen atoms in total. The molecule has 2 aromatic rings. The molecule has 0 saturated carbocycles. The van der Waals surface area contributed by atoms with E-state index in [2.05, 4.69) is 17.0 Å². The fraction of sp³-hybridized carbons (Fsp3) is 0.381. The SMILES string of the molecule is O=C(c1cc(S(=O)(=O)N2CCCC2)ccc1Cl)N1CCN(c2ccccc2)CC1. The Kier molecular flexibility index (Phi) is 5.81. The maximum atomic E-state index is 13.1. The van der Waals surface area contributed by atoms with Gasteiger partial charge in [0.1, 0.15) is 0 Å². The highest BCUT2D eigenvalue weighted by Gasteiger charge is 2.30. The minimum absolute atomic E-state index is 0.134. The third kappa shape index (κ3) is 4.13. The molecule has 2 heterocycles. The minimum atomic E-state index is -3.59. The molecule has 2 fully saturated rings. The van der Waals surface area contributed by atoms with Gasteiger partial charge in [-0.2, -0.15) is 4.31 Å². The topological polar surface area (TPSA) is 60.9 Å². The van der Waals surface area contributed by atoms with Crippen molar-refractivity contribution in [2.45, 2.75) is 17.7 Å². The lowest BCUT2D eigenvalue weighted by molar-refractivity contribution is 0.0746. The van der Waals surface area contributed by atoms with Crippen LogP contribution < -0.4 is 4.90 Å². The van der Waals surface area contributed by atoms with E-state index in [-0.39, 0.29) is 21.4 Å². The molecule has 8 heteroatoms. The van der Waals surface area contributed by atoms with E-state index in [0.29, 0.717) is 26.2 Å². The number of benzene rings is 2. The normalized spacial score (nSPS) is 18.2. The van der Waals surface area contributed by atoms with Gasteiger partial charge in [-0.15, -0.1) is 0 Å². The lowest BCUT2D eigenvalue weighted by atomic mass is 10.1. The van der Waals surface area contributed by atoms with Crippen LogP contribution in [-0.4, -0.2) is 62.8 Å². The Morgan fingerprint density at radius 1 is 0.862 bits per heavy atom. The molecule has 0 unspecified atom stereocenters. The number of nitrogens with zero attached hydrogens (tertiary/aromatic N) is 3. The average molecular weight is 434 g/mol. The van der Waals surface area contributed by atoms with Gasteiger partial charge in [0.25, 0.3) is 5.91 Å². The van der Waals surface area contributed by atoms with Gasteiger partial charge in [0.05, 0.1) is 15.5 Å². The van der Waals surface area contributed by atoms with Crippen LogP contribution in [-0.2, 0) is 10.0 Å². The van der Waals surface area contributed by atoms with Gasteiger partial charge in [-0.05, 0) is 43.2 Å². The molecular weight excluding hydrogens is 410 g/mol. The van der Waals surface area contributed by atoms with Gasteiger partial charge in [0, 0.05) is 45.0 Å². The number of rotatable bonds is 4. The van der Waals surface area contributed by atoms with Crippen LogP contribution >= 0.6 is 11.6 Å². The van der Waals surface area contributed by atoms with Crippen LogP contribution in [0, 0.1) is 0 Å². The van der Waals surface area contributed by atoms with Gasteiger partial charge in [0.15, 0.2) is 0 Å². The molecule has 0 spiro atoms. The molecule has 0 N–H and O–H groups in total. The van der Waals surface area contributed by atoms with Gasteiger partial charge in [-0.3, -0.25) is 4.79 Å². The third-order valence-corrected chi connectivity index (χ3v) is 7.78. The quantitative estimate of drug-likeness (QED) is 0.743. The largest absolute Gasteiger partial charge is 0.368 e. The molecule has 0 atom stereocenters. The van der Waals surface area contributed by atoms with Gasteiger partial charge in [0.2, 0.25) is 10.0 Å². The number of carbonyl (C=O) groups excluding carboxylic acids is 1. The molecule has 0 bridgehead atoms. The monoisotopic (exact) mass is 433 g/mol. The van der Waals surface area contributed by atoms with Gasteiger partial charge >= 0.3 is 0 Å². The van der Waals surface area contributed by atoms with Crippen LogP contribution in [0.4, 0.5) is 5.69 Å². The summed E-state index contributed by atoms with van der Waals surface area (Å²) < 4.78 is 27.2. The van der Waals surface area contributed by atoms with Crippen LogP contribution in [0.15, 0.2) is 53.4 Å². The van der Waals surface area contributed by atoms with E-state index in [0.717, 1.165) is 31.6 Å². The summed E-state index contributed by atoms with van der Waals surface area (Å²) in [6.07, 6.45) is 1.73. The number of hydrogen-bond donors (Lipinski definition) is 0. The van der Waals surface area contributed by atoms with Crippen LogP contribution in [0.3, 0.4) is 0 Å². The summed E-state index contributed by atoms with van der Waals surface area (Å²) in [6, 6.07) is 14.5. The first-order valence-electron chi connectivity index (χ1n) is 9.86. The van der Waals surface area contributed by atoms with Crippen LogP contribution in [0.1, 0.15) is 23.2 Å². The number of anilines is 1. The van der Waals surface area contributed by atoms with E-state index >= 15 is 0 Å². The highest BCUT2D eigenvalue weighted by atomic mass is 35.5. The van der Waals surface area contributed by atoms with Crippen molar-refractivity contribution in [3.8, 4) is 0 Å². The zero-order valence-corrected chi connectivity index (χ0v) is 17.7. The lowest BCUT2D eigenvalue weighted by Crippen LogP contribution is -2.48. The molecule has 2 aromatic carbocycles. The summed E-state index contributed by atoms with van der Waals surface area (Å²) in [7, 11) is -3.59. The summed E-state index contributed by atoms with van der Waals surface area (Å²) in [5, 5.41) is 0.279. The van der Waals surface area contributed by atoms with E-state index in [1.807, 2.05) is 18.2 Å². The number of piperazine rings is 1. The number of amides is 1. The number of hydrogen-bond acceptors (Lipinski definition) is 4. The zero-order valence-electron chi connectivity index (χ0n) is 16.1. The standard InChI is InChI=1S/C21H24ClN3O3S/c22-20-9-8-18(29(27,28)25-10-4-5-11-25)16-19(20)21(26)24-14-12-23(13-15-24)17-6-2-1-3-7-17/h1-3,6-9,16H,4-5,10-15H2. The van der Waals surface area contributed by atoms with E-state index in [1.165, 1.54) is 22.5 Å². The number of para-hydroxylation sites is 1. The first-order valence-corrected chi connectivity index (χ1v) is 11.7. The van der Waals surface area contributed by atoms with Crippen LogP contribution in [0.25, 0.3) is 0 Å². The Hall–Kier alpha value is -2.09. The van der Waals surface area contributed by atoms with Crippen LogP contribution in [0.5, 0.6) is 0 Å². The van der Waals surface area contributed by atoms with Crippen molar-refractivity contribution in [3.63, 3.8) is 0 Å². The smallest absolute Gasteiger partial charge is 0.255 e. The second-order valence-corrected chi connectivity index (χ2v) is 9.71. The molecule has 0 radical (unpaired) electrons. The zero-order chi connectivity index (χ0) is 20.4. The van der Waals surface area contributed by atoms with Gasteiger partial charge < -0.3 is 9.80 Å². The van der Waals surface area contributed by atoms with Crippen molar-refractivity contribution in [2.24, 2.45) is 0 Å². The predicted molar refractivity (Wildman–Crippen MR) is 114 cm³/mol. The summed E-state index contributed by atoms with van der Waals surface area (Å²) in [5.41, 5.74) is 1.39. The Bertz CT molecular complexity index is 983. The van der Waals surface area contributed by atoms with Crippen molar-refractivity contribution in [2.75, 3.05) is 44.2 Å². The van der Waals surface area contributed by atoms with Crippen molar-refractivity contribution in [1.29, 1.82) is 0 Å². The Balaban J connectivity index is 1.50. The molecule has 29 heavy (non-hydrogen) atoms. The molecule has 154 valence electrons. The molecule has 0 aliphatic carbocycles. The first-order chi connectivity index (χ1) is 14.0. The molecular formula is C21H24ClN3O3S. The molecule has 4 rings (SSSR count). The number of halogens is 1. The van der Waals surface area contributed by atoms with Crippen LogP contribution in [0.2, 0.25) is 5.02 Å². The van der Waals surface area contributed by atoms with Crippen molar-refractivity contribution in [1.82, 2.24) is 9.21 Å². The third-order valence-electron chi connectivity index (χ3n) is 5.56. The van der Waals surface area contributed by atoms with E-state index in [9.17, 15) is 13.2 Å². The van der Waals surface area contributed by atoms with Gasteiger partial charge in [-0.1, -0.05) is 29.8 Å². The van der Waals surface area contributed by atoms with Gasteiger partial charge in [-0.25, -0.2) is 8.42 Å². The first kappa shape index (κ1) is 20.2. The number of sulfonamides is 1. The van der Waals surface area contributed by atoms with E-state index in [1.54, 1.807) is 4.90 Å². The molecule has 2 saturated heterocycles. The maximum Gasteiger partial charge on any atom is 0.255 e. The second-order valence-electron chi connectivity index (χ2n) is 7.37. The number of carbonyl (C=O) groups is 1. The molecule has 1 amide bonds. The Labute approximate surface area is 176 Å². The Morgan fingerprint density at radius 2 is 1.52 bits per heavy atom. The molecule has 0 aromatic heterocycles. The van der Waals surface area contributed by atoms with Crippen molar-refractivity contribution in [3.05, 3.63) is 59.1 Å². The van der Waals surface area contributed by atoms with Crippen molar-refractivity contribution < 1.29 is 13.2 Å². The predicted octanol–water partition coefficient (Wildman–Crippen LogP) is 3.09. The summed E-state index contributed by atoms with van der Waals surface area (Å²) in [5.74, 6) is -0.221. The molecule has 2 aliphatic heterocycles. The van der Waals surface area contributed by atoms with E-state index < -0.39 is 10.0 Å². The maximum absolute atomic E-state index is 13.1. The highest BCUT2D eigenvalue weighted by molar-refractivity contribution is 7.89. The van der Waals surface area contributed by atoms with E-state index in [4.69, 9.17) is 11.6 Å². The average Bonchev–Trinajstić information content (AvgIpc) is 3.30. The molecule has 2 aliphatic rings. The Morgan fingerprint density at radius 3 is 2.17 bits per heavy atom. The van der Waals surface area contributed by atoms with Crippen molar-refractivity contribution >= 4 is 33.2 Å². The fourth-order valence-electron chi connectivity index (χ4n) is 3.88. The fourth-order valence-corrected chi connectivity index (χ4v) is 5.63. The summed E-state index contributed by atoms with van der Waals surface area (Å²) >= 11 is 6.28. The highest BCUT2D eigenvalue weighted by Crippen LogP contribution is 2.27. The summed E-state index contributed by atoms with van der Waals surface area (Å²) in [6.45, 7) is 3.62. The lowest BCUT2D eigenvalue weighted by Gasteiger charge is -2.36. The minimum Gasteiger partial charge on any atom is -0.368 e. The second kappa shape index (κ2) is 8.34. The summed E-state index contributed by atoms with van der Waals surface area (Å²) in [4.78, 5) is 17.2.